The van der Waals surface area contributed by atoms with Gasteiger partial charge in [-0.25, -0.2) is 4.79 Å². The van der Waals surface area contributed by atoms with Crippen LogP contribution < -0.4 is 10.1 Å². The van der Waals surface area contributed by atoms with Crippen molar-refractivity contribution in [3.05, 3.63) is 52.4 Å². The molecule has 4 rings (SSSR count). The second kappa shape index (κ2) is 5.15. The summed E-state index contributed by atoms with van der Waals surface area (Å²) in [6, 6.07) is 7.84. The largest absolute Gasteiger partial charge is 0.494 e. The number of hydrogen-bond acceptors (Lipinski definition) is 5. The molecule has 0 fully saturated rings. The fourth-order valence-electron chi connectivity index (χ4n) is 3.24. The highest BCUT2D eigenvalue weighted by molar-refractivity contribution is 5.97. The maximum Gasteiger partial charge on any atom is 0.337 e. The molecule has 3 heterocycles. The monoisotopic (exact) mass is 311 g/mol. The smallest absolute Gasteiger partial charge is 0.337 e. The van der Waals surface area contributed by atoms with E-state index in [1.54, 1.807) is 0 Å². The number of hydrogen-bond donors (Lipinski definition) is 2. The Bertz CT molecular complexity index is 805. The van der Waals surface area contributed by atoms with Crippen LogP contribution in [0.15, 0.2) is 35.5 Å². The first-order valence-corrected chi connectivity index (χ1v) is 7.63. The van der Waals surface area contributed by atoms with Crippen molar-refractivity contribution in [2.75, 3.05) is 18.5 Å². The van der Waals surface area contributed by atoms with E-state index in [0.29, 0.717) is 12.2 Å². The van der Waals surface area contributed by atoms with E-state index in [9.17, 15) is 4.79 Å². The molecule has 2 aromatic rings. The topological polar surface area (TPSA) is 76.2 Å². The molecular weight excluding hydrogens is 294 g/mol. The molecule has 6 heteroatoms. The molecule has 0 saturated carbocycles. The number of carbonyl (C=O) groups is 1. The quantitative estimate of drug-likeness (QED) is 0.852. The predicted molar refractivity (Wildman–Crippen MR) is 84.4 cm³/mol. The van der Waals surface area contributed by atoms with Crippen LogP contribution >= 0.6 is 0 Å². The highest BCUT2D eigenvalue weighted by atomic mass is 16.5. The number of ether oxygens (including phenoxy) is 2. The lowest BCUT2D eigenvalue weighted by atomic mass is 9.82. The number of benzene rings is 1. The summed E-state index contributed by atoms with van der Waals surface area (Å²) in [5, 5.41) is 10.5. The van der Waals surface area contributed by atoms with E-state index in [2.05, 4.69) is 15.5 Å². The predicted octanol–water partition coefficient (Wildman–Crippen LogP) is 2.49. The number of H-pyrrole nitrogens is 1. The number of nitrogens with zero attached hydrogens (tertiary/aromatic N) is 1. The molecular formula is C17H17N3O3. The van der Waals surface area contributed by atoms with E-state index in [1.165, 1.54) is 0 Å². The first kappa shape index (κ1) is 13.9. The standard InChI is InChI=1S/C17H17N3O3/c1-3-22-11-6-4-10(5-7-11)14-13-9(2)19-20-16(13)18-12-8-23-17(21)15(12)14/h4-7,14H,3,8H2,1-2H3,(H2,18,19,20)/t14-/m0/s1. The number of cyclic esters (lactones) is 1. The Morgan fingerprint density at radius 2 is 2.13 bits per heavy atom. The summed E-state index contributed by atoms with van der Waals surface area (Å²) < 4.78 is 10.7. The van der Waals surface area contributed by atoms with Gasteiger partial charge >= 0.3 is 5.97 Å². The van der Waals surface area contributed by atoms with Gasteiger partial charge in [0.05, 0.1) is 17.9 Å². The first-order valence-electron chi connectivity index (χ1n) is 7.63. The van der Waals surface area contributed by atoms with E-state index in [4.69, 9.17) is 9.47 Å². The Balaban J connectivity index is 1.83. The number of anilines is 1. The lowest BCUT2D eigenvalue weighted by molar-refractivity contribution is -0.136. The van der Waals surface area contributed by atoms with E-state index in [1.807, 2.05) is 38.1 Å². The summed E-state index contributed by atoms with van der Waals surface area (Å²) in [5.74, 6) is 1.14. The van der Waals surface area contributed by atoms with Crippen molar-refractivity contribution in [1.29, 1.82) is 0 Å². The highest BCUT2D eigenvalue weighted by Gasteiger charge is 2.40. The van der Waals surface area contributed by atoms with Crippen molar-refractivity contribution in [3.8, 4) is 5.75 Å². The molecule has 6 nitrogen and oxygen atoms in total. The van der Waals surface area contributed by atoms with Gasteiger partial charge in [-0.1, -0.05) is 12.1 Å². The average Bonchev–Trinajstić information content (AvgIpc) is 3.11. The molecule has 0 amide bonds. The van der Waals surface area contributed by atoms with Crippen LogP contribution in [0, 0.1) is 6.92 Å². The van der Waals surface area contributed by atoms with Crippen LogP contribution in [0.1, 0.15) is 29.7 Å². The number of aromatic amines is 1. The second-order valence-electron chi connectivity index (χ2n) is 5.64. The van der Waals surface area contributed by atoms with Gasteiger partial charge in [0.15, 0.2) is 5.82 Å². The van der Waals surface area contributed by atoms with E-state index in [-0.39, 0.29) is 18.5 Å². The molecule has 2 aliphatic rings. The molecule has 1 atom stereocenters. The molecule has 0 unspecified atom stereocenters. The Morgan fingerprint density at radius 1 is 1.35 bits per heavy atom. The molecule has 0 radical (unpaired) electrons. The fraction of sp³-hybridized carbons (Fsp3) is 0.294. The lowest BCUT2D eigenvalue weighted by Crippen LogP contribution is -2.19. The molecule has 2 aliphatic heterocycles. The number of esters is 1. The van der Waals surface area contributed by atoms with Gasteiger partial charge < -0.3 is 14.8 Å². The molecule has 1 aromatic heterocycles. The van der Waals surface area contributed by atoms with Crippen LogP contribution in [0.5, 0.6) is 5.75 Å². The van der Waals surface area contributed by atoms with E-state index < -0.39 is 0 Å². The van der Waals surface area contributed by atoms with Crippen molar-refractivity contribution < 1.29 is 14.3 Å². The number of nitrogens with one attached hydrogen (secondary N) is 2. The molecule has 0 bridgehead atoms. The normalized spacial score (nSPS) is 19.0. The maximum atomic E-state index is 12.2. The molecule has 0 saturated heterocycles. The van der Waals surface area contributed by atoms with Crippen molar-refractivity contribution in [1.82, 2.24) is 10.2 Å². The molecule has 0 spiro atoms. The van der Waals surface area contributed by atoms with Gasteiger partial charge in [-0.15, -0.1) is 0 Å². The van der Waals surface area contributed by atoms with Crippen LogP contribution in [-0.4, -0.2) is 29.4 Å². The third-order valence-electron chi connectivity index (χ3n) is 4.26. The Kier molecular flexibility index (Phi) is 3.11. The third kappa shape index (κ3) is 2.10. The van der Waals surface area contributed by atoms with Crippen molar-refractivity contribution in [2.45, 2.75) is 19.8 Å². The van der Waals surface area contributed by atoms with Gasteiger partial charge in [0.25, 0.3) is 0 Å². The molecule has 118 valence electrons. The van der Waals surface area contributed by atoms with Gasteiger partial charge in [0.1, 0.15) is 12.4 Å². The van der Waals surface area contributed by atoms with E-state index in [0.717, 1.165) is 34.1 Å². The van der Waals surface area contributed by atoms with Gasteiger partial charge in [-0.3, -0.25) is 5.10 Å². The Hall–Kier alpha value is -2.76. The zero-order valence-electron chi connectivity index (χ0n) is 13.0. The number of aryl methyl sites for hydroxylation is 1. The van der Waals surface area contributed by atoms with Crippen molar-refractivity contribution in [3.63, 3.8) is 0 Å². The van der Waals surface area contributed by atoms with Gasteiger partial charge in [-0.05, 0) is 31.5 Å². The second-order valence-corrected chi connectivity index (χ2v) is 5.64. The van der Waals surface area contributed by atoms with Crippen LogP contribution in [0.25, 0.3) is 0 Å². The summed E-state index contributed by atoms with van der Waals surface area (Å²) in [5.41, 5.74) is 4.43. The van der Waals surface area contributed by atoms with Crippen molar-refractivity contribution in [2.24, 2.45) is 0 Å². The molecule has 0 aliphatic carbocycles. The highest BCUT2D eigenvalue weighted by Crippen LogP contribution is 2.44. The Morgan fingerprint density at radius 3 is 2.87 bits per heavy atom. The molecule has 23 heavy (non-hydrogen) atoms. The number of fused-ring (bicyclic) bond motifs is 1. The number of aromatic nitrogens is 2. The van der Waals surface area contributed by atoms with Crippen molar-refractivity contribution >= 4 is 11.8 Å². The van der Waals surface area contributed by atoms with Gasteiger partial charge in [0.2, 0.25) is 0 Å². The maximum absolute atomic E-state index is 12.2. The van der Waals surface area contributed by atoms with E-state index >= 15 is 0 Å². The molecule has 2 N–H and O–H groups in total. The van der Waals surface area contributed by atoms with Crippen LogP contribution in [0.2, 0.25) is 0 Å². The summed E-state index contributed by atoms with van der Waals surface area (Å²) in [6.45, 7) is 4.81. The number of rotatable bonds is 3. The Labute approximate surface area is 133 Å². The van der Waals surface area contributed by atoms with Gasteiger partial charge in [0, 0.05) is 17.2 Å². The van der Waals surface area contributed by atoms with Crippen LogP contribution in [-0.2, 0) is 9.53 Å². The summed E-state index contributed by atoms with van der Waals surface area (Å²) in [4.78, 5) is 12.2. The summed E-state index contributed by atoms with van der Waals surface area (Å²) in [6.07, 6.45) is 0. The average molecular weight is 311 g/mol. The minimum atomic E-state index is -0.266. The SMILES string of the molecule is CCOc1ccc([C@@H]2C3=C(COC3=O)Nc3n[nH]c(C)c32)cc1. The molecule has 1 aromatic carbocycles. The zero-order valence-corrected chi connectivity index (χ0v) is 13.0. The minimum absolute atomic E-state index is 0.175. The summed E-state index contributed by atoms with van der Waals surface area (Å²) >= 11 is 0. The van der Waals surface area contributed by atoms with Crippen LogP contribution in [0.3, 0.4) is 0 Å². The summed E-state index contributed by atoms with van der Waals surface area (Å²) in [7, 11) is 0. The lowest BCUT2D eigenvalue weighted by Gasteiger charge is -2.24. The van der Waals surface area contributed by atoms with Gasteiger partial charge in [-0.2, -0.15) is 5.10 Å². The first-order chi connectivity index (χ1) is 11.2. The van der Waals surface area contributed by atoms with Crippen LogP contribution in [0.4, 0.5) is 5.82 Å². The third-order valence-corrected chi connectivity index (χ3v) is 4.26. The fourth-order valence-corrected chi connectivity index (χ4v) is 3.24. The zero-order chi connectivity index (χ0) is 16.0. The minimum Gasteiger partial charge on any atom is -0.494 e. The number of carbonyl (C=O) groups excluding carboxylic acids is 1.